The second kappa shape index (κ2) is 8.21. The molecular formula is C11H27N3. The Morgan fingerprint density at radius 1 is 1.00 bits per heavy atom. The molecule has 0 radical (unpaired) electrons. The van der Waals surface area contributed by atoms with Crippen LogP contribution in [0.5, 0.6) is 0 Å². The zero-order valence-electron chi connectivity index (χ0n) is 10.3. The van der Waals surface area contributed by atoms with Crippen LogP contribution in [0.15, 0.2) is 0 Å². The summed E-state index contributed by atoms with van der Waals surface area (Å²) in [4.78, 5) is 4.74. The molecule has 0 aromatic heterocycles. The smallest absolute Gasteiger partial charge is 0.0113 e. The lowest BCUT2D eigenvalue weighted by atomic mass is 10.1. The van der Waals surface area contributed by atoms with Crippen molar-refractivity contribution in [3.8, 4) is 0 Å². The standard InChI is InChI=1S/C11H27N3/c1-5-11(6-2)14(8-7-12)10-9-13(3)4/h11H,5-10,12H2,1-4H3. The molecule has 0 aliphatic heterocycles. The zero-order valence-corrected chi connectivity index (χ0v) is 10.3. The molecule has 0 atom stereocenters. The highest BCUT2D eigenvalue weighted by Gasteiger charge is 2.13. The molecule has 0 fully saturated rings. The van der Waals surface area contributed by atoms with E-state index in [1.807, 2.05) is 0 Å². The average Bonchev–Trinajstić information content (AvgIpc) is 2.15. The molecule has 0 saturated carbocycles. The van der Waals surface area contributed by atoms with Crippen molar-refractivity contribution in [1.82, 2.24) is 9.80 Å². The lowest BCUT2D eigenvalue weighted by Gasteiger charge is -2.30. The first-order valence-electron chi connectivity index (χ1n) is 5.74. The lowest BCUT2D eigenvalue weighted by molar-refractivity contribution is 0.174. The normalized spacial score (nSPS) is 12.0. The number of nitrogens with two attached hydrogens (primary N) is 1. The van der Waals surface area contributed by atoms with E-state index in [0.29, 0.717) is 6.04 Å². The van der Waals surface area contributed by atoms with Crippen LogP contribution >= 0.6 is 0 Å². The first-order valence-corrected chi connectivity index (χ1v) is 5.74. The molecule has 3 nitrogen and oxygen atoms in total. The molecular weight excluding hydrogens is 174 g/mol. The monoisotopic (exact) mass is 201 g/mol. The van der Waals surface area contributed by atoms with Crippen LogP contribution in [0, 0.1) is 0 Å². The molecule has 3 heteroatoms. The van der Waals surface area contributed by atoms with Crippen LogP contribution in [0.1, 0.15) is 26.7 Å². The molecule has 0 aromatic rings. The van der Waals surface area contributed by atoms with Crippen molar-refractivity contribution in [1.29, 1.82) is 0 Å². The van der Waals surface area contributed by atoms with E-state index in [1.54, 1.807) is 0 Å². The molecule has 0 aromatic carbocycles. The van der Waals surface area contributed by atoms with Gasteiger partial charge in [0.1, 0.15) is 0 Å². The molecule has 0 rings (SSSR count). The van der Waals surface area contributed by atoms with Gasteiger partial charge in [0.15, 0.2) is 0 Å². The fourth-order valence-electron chi connectivity index (χ4n) is 1.78. The van der Waals surface area contributed by atoms with Crippen LogP contribution in [0.4, 0.5) is 0 Å². The van der Waals surface area contributed by atoms with E-state index in [1.165, 1.54) is 12.8 Å². The van der Waals surface area contributed by atoms with Gasteiger partial charge in [-0.3, -0.25) is 4.90 Å². The maximum absolute atomic E-state index is 5.63. The molecule has 0 unspecified atom stereocenters. The van der Waals surface area contributed by atoms with Crippen LogP contribution in [0.25, 0.3) is 0 Å². The summed E-state index contributed by atoms with van der Waals surface area (Å²) < 4.78 is 0. The van der Waals surface area contributed by atoms with E-state index in [-0.39, 0.29) is 0 Å². The second-order valence-corrected chi connectivity index (χ2v) is 4.10. The van der Waals surface area contributed by atoms with Crippen molar-refractivity contribution in [3.63, 3.8) is 0 Å². The van der Waals surface area contributed by atoms with Gasteiger partial charge in [-0.1, -0.05) is 13.8 Å². The molecule has 0 bridgehead atoms. The number of rotatable bonds is 8. The summed E-state index contributed by atoms with van der Waals surface area (Å²) in [7, 11) is 4.24. The summed E-state index contributed by atoms with van der Waals surface area (Å²) in [6, 6.07) is 0.707. The van der Waals surface area contributed by atoms with Gasteiger partial charge in [-0.2, -0.15) is 0 Å². The lowest BCUT2D eigenvalue weighted by Crippen LogP contribution is -2.41. The maximum atomic E-state index is 5.63. The number of nitrogens with zero attached hydrogens (tertiary/aromatic N) is 2. The molecule has 0 saturated heterocycles. The Morgan fingerprint density at radius 3 is 1.93 bits per heavy atom. The van der Waals surface area contributed by atoms with Gasteiger partial charge < -0.3 is 10.6 Å². The van der Waals surface area contributed by atoms with E-state index >= 15 is 0 Å². The predicted octanol–water partition coefficient (Wildman–Crippen LogP) is 0.997. The van der Waals surface area contributed by atoms with Crippen molar-refractivity contribution < 1.29 is 0 Å². The highest BCUT2D eigenvalue weighted by molar-refractivity contribution is 4.70. The quantitative estimate of drug-likeness (QED) is 0.636. The summed E-state index contributed by atoms with van der Waals surface area (Å²) in [6.45, 7) is 8.57. The average molecular weight is 201 g/mol. The number of hydrogen-bond donors (Lipinski definition) is 1. The summed E-state index contributed by atoms with van der Waals surface area (Å²) in [5.41, 5.74) is 5.63. The fraction of sp³-hybridized carbons (Fsp3) is 1.00. The van der Waals surface area contributed by atoms with Crippen molar-refractivity contribution in [2.75, 3.05) is 40.3 Å². The topological polar surface area (TPSA) is 32.5 Å². The first kappa shape index (κ1) is 13.9. The minimum atomic E-state index is 0.707. The third-order valence-corrected chi connectivity index (χ3v) is 2.71. The number of hydrogen-bond acceptors (Lipinski definition) is 3. The highest BCUT2D eigenvalue weighted by atomic mass is 15.2. The summed E-state index contributed by atoms with van der Waals surface area (Å²) in [5, 5.41) is 0. The molecule has 0 aliphatic carbocycles. The molecule has 86 valence electrons. The summed E-state index contributed by atoms with van der Waals surface area (Å²) in [6.07, 6.45) is 2.45. The van der Waals surface area contributed by atoms with Gasteiger partial charge in [-0.25, -0.2) is 0 Å². The van der Waals surface area contributed by atoms with Crippen molar-refractivity contribution in [2.45, 2.75) is 32.7 Å². The Hall–Kier alpha value is -0.120. The van der Waals surface area contributed by atoms with Gasteiger partial charge in [0.05, 0.1) is 0 Å². The highest BCUT2D eigenvalue weighted by Crippen LogP contribution is 2.07. The number of likely N-dealkylation sites (N-methyl/N-ethyl adjacent to an activating group) is 1. The van der Waals surface area contributed by atoms with E-state index in [0.717, 1.165) is 26.2 Å². The Bertz CT molecular complexity index is 122. The van der Waals surface area contributed by atoms with Crippen LogP contribution < -0.4 is 5.73 Å². The van der Waals surface area contributed by atoms with Gasteiger partial charge in [0, 0.05) is 32.2 Å². The Morgan fingerprint density at radius 2 is 1.57 bits per heavy atom. The molecule has 0 amide bonds. The SMILES string of the molecule is CCC(CC)N(CCN)CCN(C)C. The van der Waals surface area contributed by atoms with E-state index < -0.39 is 0 Å². The molecule has 0 aliphatic rings. The van der Waals surface area contributed by atoms with E-state index in [9.17, 15) is 0 Å². The first-order chi connectivity index (χ1) is 6.65. The van der Waals surface area contributed by atoms with Crippen LogP contribution in [0.2, 0.25) is 0 Å². The van der Waals surface area contributed by atoms with Gasteiger partial charge in [-0.05, 0) is 26.9 Å². The van der Waals surface area contributed by atoms with Crippen molar-refractivity contribution in [2.24, 2.45) is 5.73 Å². The van der Waals surface area contributed by atoms with Gasteiger partial charge >= 0.3 is 0 Å². The molecule has 0 heterocycles. The van der Waals surface area contributed by atoms with E-state index in [4.69, 9.17) is 5.73 Å². The van der Waals surface area contributed by atoms with Crippen molar-refractivity contribution >= 4 is 0 Å². The Balaban J connectivity index is 3.98. The largest absolute Gasteiger partial charge is 0.329 e. The van der Waals surface area contributed by atoms with Crippen molar-refractivity contribution in [3.05, 3.63) is 0 Å². The third-order valence-electron chi connectivity index (χ3n) is 2.71. The predicted molar refractivity (Wildman–Crippen MR) is 63.6 cm³/mol. The minimum absolute atomic E-state index is 0.707. The minimum Gasteiger partial charge on any atom is -0.329 e. The zero-order chi connectivity index (χ0) is 11.0. The second-order valence-electron chi connectivity index (χ2n) is 4.10. The summed E-state index contributed by atoms with van der Waals surface area (Å²) in [5.74, 6) is 0. The third kappa shape index (κ3) is 5.58. The van der Waals surface area contributed by atoms with E-state index in [2.05, 4.69) is 37.7 Å². The van der Waals surface area contributed by atoms with Gasteiger partial charge in [-0.15, -0.1) is 0 Å². The van der Waals surface area contributed by atoms with Gasteiger partial charge in [0.2, 0.25) is 0 Å². The fourth-order valence-corrected chi connectivity index (χ4v) is 1.78. The van der Waals surface area contributed by atoms with Crippen LogP contribution in [-0.2, 0) is 0 Å². The van der Waals surface area contributed by atoms with Crippen LogP contribution in [0.3, 0.4) is 0 Å². The molecule has 14 heavy (non-hydrogen) atoms. The van der Waals surface area contributed by atoms with Gasteiger partial charge in [0.25, 0.3) is 0 Å². The molecule has 0 spiro atoms. The maximum Gasteiger partial charge on any atom is 0.0113 e. The Labute approximate surface area is 89.2 Å². The molecule has 2 N–H and O–H groups in total. The summed E-state index contributed by atoms with van der Waals surface area (Å²) >= 11 is 0. The Kier molecular flexibility index (Phi) is 8.14. The van der Waals surface area contributed by atoms with Crippen LogP contribution in [-0.4, -0.2) is 56.1 Å².